The maximum absolute atomic E-state index is 13.0. The molecule has 0 aliphatic carbocycles. The molecule has 0 bridgehead atoms. The number of hydrogen-bond acceptors (Lipinski definition) is 3. The fraction of sp³-hybridized carbons (Fsp3) is 0.0714. The molecule has 2 aromatic carbocycles. The number of non-ortho nitro benzene ring substituents is 1. The van der Waals surface area contributed by atoms with Gasteiger partial charge in [0.05, 0.1) is 20.5 Å². The van der Waals surface area contributed by atoms with E-state index in [1.54, 1.807) is 0 Å². The zero-order valence-electron chi connectivity index (χ0n) is 11.0. The summed E-state index contributed by atoms with van der Waals surface area (Å²) >= 11 is 11.5. The molecule has 1 N–H and O–H groups in total. The fourth-order valence-corrected chi connectivity index (χ4v) is 2.13. The predicted molar refractivity (Wildman–Crippen MR) is 80.7 cm³/mol. The molecular formula is C14H9Cl2FN2O3. The zero-order valence-corrected chi connectivity index (χ0v) is 12.5. The number of halogens is 3. The lowest BCUT2D eigenvalue weighted by atomic mass is 10.1. The lowest BCUT2D eigenvalue weighted by molar-refractivity contribution is -0.384. The fourth-order valence-electron chi connectivity index (χ4n) is 1.73. The van der Waals surface area contributed by atoms with E-state index < -0.39 is 16.6 Å². The minimum Gasteiger partial charge on any atom is -0.348 e. The van der Waals surface area contributed by atoms with E-state index in [-0.39, 0.29) is 27.8 Å². The van der Waals surface area contributed by atoms with Crippen LogP contribution in [0.25, 0.3) is 0 Å². The zero-order chi connectivity index (χ0) is 16.3. The van der Waals surface area contributed by atoms with Crippen LogP contribution in [0.5, 0.6) is 0 Å². The van der Waals surface area contributed by atoms with Crippen LogP contribution in [0.3, 0.4) is 0 Å². The van der Waals surface area contributed by atoms with Gasteiger partial charge in [0, 0.05) is 18.7 Å². The topological polar surface area (TPSA) is 72.2 Å². The van der Waals surface area contributed by atoms with Gasteiger partial charge in [0.2, 0.25) is 0 Å². The number of nitro benzene ring substituents is 1. The number of carbonyl (C=O) groups is 1. The van der Waals surface area contributed by atoms with E-state index in [0.717, 1.165) is 6.07 Å². The number of nitrogens with zero attached hydrogens (tertiary/aromatic N) is 1. The minimum absolute atomic E-state index is 0.0101. The van der Waals surface area contributed by atoms with Gasteiger partial charge in [-0.3, -0.25) is 14.9 Å². The second-order valence-corrected chi connectivity index (χ2v) is 5.17. The lowest BCUT2D eigenvalue weighted by Gasteiger charge is -2.07. The Morgan fingerprint density at radius 1 is 1.18 bits per heavy atom. The normalized spacial score (nSPS) is 10.3. The van der Waals surface area contributed by atoms with Crippen LogP contribution in [-0.2, 0) is 6.54 Å². The molecule has 0 aromatic heterocycles. The van der Waals surface area contributed by atoms with E-state index >= 15 is 0 Å². The number of hydrogen-bond donors (Lipinski definition) is 1. The van der Waals surface area contributed by atoms with Gasteiger partial charge >= 0.3 is 0 Å². The summed E-state index contributed by atoms with van der Waals surface area (Å²) in [6, 6.07) is 7.62. The standard InChI is InChI=1S/C14H9Cl2FN2O3/c15-11-3-2-9(19(21)22)6-10(11)14(20)18-7-8-1-4-13(17)12(16)5-8/h1-6H,7H2,(H,18,20). The van der Waals surface area contributed by atoms with Crippen molar-refractivity contribution >= 4 is 34.8 Å². The summed E-state index contributed by atoms with van der Waals surface area (Å²) in [4.78, 5) is 22.1. The number of benzene rings is 2. The summed E-state index contributed by atoms with van der Waals surface area (Å²) in [5.41, 5.74) is 0.338. The number of carbonyl (C=O) groups excluding carboxylic acids is 1. The summed E-state index contributed by atoms with van der Waals surface area (Å²) in [7, 11) is 0. The van der Waals surface area contributed by atoms with Crippen molar-refractivity contribution in [3.63, 3.8) is 0 Å². The molecule has 0 spiro atoms. The van der Waals surface area contributed by atoms with E-state index in [1.807, 2.05) is 0 Å². The molecule has 0 heterocycles. The quantitative estimate of drug-likeness (QED) is 0.674. The highest BCUT2D eigenvalue weighted by atomic mass is 35.5. The van der Waals surface area contributed by atoms with Crippen LogP contribution < -0.4 is 5.32 Å². The highest BCUT2D eigenvalue weighted by molar-refractivity contribution is 6.34. The molecule has 0 atom stereocenters. The first-order valence-corrected chi connectivity index (χ1v) is 6.80. The molecule has 0 radical (unpaired) electrons. The van der Waals surface area contributed by atoms with Gasteiger partial charge < -0.3 is 5.32 Å². The smallest absolute Gasteiger partial charge is 0.270 e. The molecule has 0 saturated heterocycles. The average Bonchev–Trinajstić information content (AvgIpc) is 2.48. The number of nitrogens with one attached hydrogen (secondary N) is 1. The van der Waals surface area contributed by atoms with Crippen LogP contribution in [0, 0.1) is 15.9 Å². The Kier molecular flexibility index (Phi) is 4.95. The van der Waals surface area contributed by atoms with Crippen molar-refractivity contribution in [3.8, 4) is 0 Å². The van der Waals surface area contributed by atoms with Gasteiger partial charge in [0.1, 0.15) is 5.82 Å². The van der Waals surface area contributed by atoms with Crippen LogP contribution in [0.4, 0.5) is 10.1 Å². The third-order valence-electron chi connectivity index (χ3n) is 2.84. The van der Waals surface area contributed by atoms with Crippen molar-refractivity contribution < 1.29 is 14.1 Å². The number of nitro groups is 1. The van der Waals surface area contributed by atoms with Crippen molar-refractivity contribution in [1.29, 1.82) is 0 Å². The summed E-state index contributed by atoms with van der Waals surface area (Å²) in [6.45, 7) is 0.0812. The van der Waals surface area contributed by atoms with Gasteiger partial charge in [-0.25, -0.2) is 4.39 Å². The van der Waals surface area contributed by atoms with Gasteiger partial charge in [-0.15, -0.1) is 0 Å². The molecule has 1 amide bonds. The average molecular weight is 343 g/mol. The van der Waals surface area contributed by atoms with Crippen LogP contribution in [0.15, 0.2) is 36.4 Å². The molecule has 2 rings (SSSR count). The third-order valence-corrected chi connectivity index (χ3v) is 3.46. The molecule has 0 unspecified atom stereocenters. The summed E-state index contributed by atoms with van der Waals surface area (Å²) in [5.74, 6) is -1.13. The van der Waals surface area contributed by atoms with Crippen molar-refractivity contribution in [1.82, 2.24) is 5.32 Å². The van der Waals surface area contributed by atoms with Gasteiger partial charge in [-0.05, 0) is 23.8 Å². The maximum Gasteiger partial charge on any atom is 0.270 e. The monoisotopic (exact) mass is 342 g/mol. The Bertz CT molecular complexity index is 753. The highest BCUT2D eigenvalue weighted by Crippen LogP contribution is 2.22. The van der Waals surface area contributed by atoms with E-state index in [9.17, 15) is 19.3 Å². The first-order valence-electron chi connectivity index (χ1n) is 6.04. The van der Waals surface area contributed by atoms with Gasteiger partial charge in [-0.1, -0.05) is 29.3 Å². The Labute approximate surface area is 134 Å². The Morgan fingerprint density at radius 3 is 2.55 bits per heavy atom. The van der Waals surface area contributed by atoms with Gasteiger partial charge in [0.15, 0.2) is 0 Å². The van der Waals surface area contributed by atoms with Gasteiger partial charge in [0.25, 0.3) is 11.6 Å². The summed E-state index contributed by atoms with van der Waals surface area (Å²) < 4.78 is 13.0. The molecule has 2 aromatic rings. The molecule has 22 heavy (non-hydrogen) atoms. The van der Waals surface area contributed by atoms with Gasteiger partial charge in [-0.2, -0.15) is 0 Å². The third kappa shape index (κ3) is 3.72. The highest BCUT2D eigenvalue weighted by Gasteiger charge is 2.15. The Hall–Kier alpha value is -2.18. The molecule has 0 saturated carbocycles. The Morgan fingerprint density at radius 2 is 1.91 bits per heavy atom. The van der Waals surface area contributed by atoms with Crippen LogP contribution in [-0.4, -0.2) is 10.8 Å². The number of rotatable bonds is 4. The van der Waals surface area contributed by atoms with Crippen LogP contribution >= 0.6 is 23.2 Å². The van der Waals surface area contributed by atoms with E-state index in [4.69, 9.17) is 23.2 Å². The second kappa shape index (κ2) is 6.72. The lowest BCUT2D eigenvalue weighted by Crippen LogP contribution is -2.23. The van der Waals surface area contributed by atoms with Crippen LogP contribution in [0.1, 0.15) is 15.9 Å². The van der Waals surface area contributed by atoms with Crippen molar-refractivity contribution in [3.05, 3.63) is 73.5 Å². The first kappa shape index (κ1) is 16.2. The molecule has 8 heteroatoms. The summed E-state index contributed by atoms with van der Waals surface area (Å²) in [6.07, 6.45) is 0. The SMILES string of the molecule is O=C(NCc1ccc(F)c(Cl)c1)c1cc([N+](=O)[O-])ccc1Cl. The van der Waals surface area contributed by atoms with E-state index in [2.05, 4.69) is 5.32 Å². The Balaban J connectivity index is 2.13. The maximum atomic E-state index is 13.0. The molecule has 114 valence electrons. The van der Waals surface area contributed by atoms with E-state index in [0.29, 0.717) is 5.56 Å². The van der Waals surface area contributed by atoms with Crippen molar-refractivity contribution in [2.75, 3.05) is 0 Å². The van der Waals surface area contributed by atoms with Crippen molar-refractivity contribution in [2.24, 2.45) is 0 Å². The second-order valence-electron chi connectivity index (χ2n) is 4.35. The predicted octanol–water partition coefficient (Wildman–Crippen LogP) is 3.97. The minimum atomic E-state index is -0.618. The number of amides is 1. The van der Waals surface area contributed by atoms with Crippen LogP contribution in [0.2, 0.25) is 10.0 Å². The molecule has 5 nitrogen and oxygen atoms in total. The molecular weight excluding hydrogens is 334 g/mol. The largest absolute Gasteiger partial charge is 0.348 e. The van der Waals surface area contributed by atoms with Crippen molar-refractivity contribution in [2.45, 2.75) is 6.54 Å². The molecule has 0 aliphatic heterocycles. The first-order chi connectivity index (χ1) is 10.4. The summed E-state index contributed by atoms with van der Waals surface area (Å²) in [5, 5.41) is 13.3. The van der Waals surface area contributed by atoms with E-state index in [1.165, 1.54) is 30.3 Å². The molecule has 0 aliphatic rings. The molecule has 0 fully saturated rings.